The predicted octanol–water partition coefficient (Wildman–Crippen LogP) is 4.79. The van der Waals surface area contributed by atoms with Crippen LogP contribution in [0, 0.1) is 5.92 Å². The largest absolute Gasteiger partial charge is 0.492 e. The van der Waals surface area contributed by atoms with Crippen molar-refractivity contribution in [2.75, 3.05) is 13.2 Å². The van der Waals surface area contributed by atoms with Gasteiger partial charge in [-0.1, -0.05) is 43.9 Å². The lowest BCUT2D eigenvalue weighted by atomic mass is 10.0. The van der Waals surface area contributed by atoms with E-state index in [0.717, 1.165) is 34.7 Å². The Kier molecular flexibility index (Phi) is 4.96. The molecule has 5 heteroatoms. The number of para-hydroxylation sites is 1. The lowest BCUT2D eigenvalue weighted by Crippen LogP contribution is -2.29. The molecule has 5 rings (SSSR count). The average Bonchev–Trinajstić information content (AvgIpc) is 3.27. The maximum Gasteiger partial charge on any atom is 0.251 e. The predicted molar refractivity (Wildman–Crippen MR) is 113 cm³/mol. The Morgan fingerprint density at radius 2 is 1.93 bits per heavy atom. The summed E-state index contributed by atoms with van der Waals surface area (Å²) in [5.41, 5.74) is 3.62. The fourth-order valence-electron chi connectivity index (χ4n) is 4.63. The van der Waals surface area contributed by atoms with E-state index in [4.69, 9.17) is 9.72 Å². The van der Waals surface area contributed by atoms with Gasteiger partial charge in [0.25, 0.3) is 5.91 Å². The van der Waals surface area contributed by atoms with Gasteiger partial charge in [-0.15, -0.1) is 0 Å². The van der Waals surface area contributed by atoms with Crippen molar-refractivity contribution in [3.63, 3.8) is 0 Å². The Hall–Kier alpha value is -2.82. The van der Waals surface area contributed by atoms with E-state index >= 15 is 0 Å². The van der Waals surface area contributed by atoms with Gasteiger partial charge in [0.15, 0.2) is 0 Å². The molecular weight excluding hydrogens is 362 g/mol. The summed E-state index contributed by atoms with van der Waals surface area (Å²) in [6, 6.07) is 13.8. The summed E-state index contributed by atoms with van der Waals surface area (Å²) >= 11 is 0. The molecule has 0 spiro atoms. The number of amides is 1. The molecular formula is C24H27N3O2. The maximum absolute atomic E-state index is 12.7. The molecule has 3 aromatic rings. The van der Waals surface area contributed by atoms with E-state index in [1.807, 2.05) is 36.4 Å². The molecule has 0 bridgehead atoms. The Morgan fingerprint density at radius 1 is 1.10 bits per heavy atom. The summed E-state index contributed by atoms with van der Waals surface area (Å²) in [7, 11) is 0. The number of fused-ring (bicyclic) bond motifs is 2. The second-order valence-electron chi connectivity index (χ2n) is 8.32. The molecule has 1 aliphatic heterocycles. The Morgan fingerprint density at radius 3 is 2.79 bits per heavy atom. The number of hydrogen-bond acceptors (Lipinski definition) is 3. The van der Waals surface area contributed by atoms with Gasteiger partial charge in [-0.05, 0) is 43.0 Å². The zero-order valence-electron chi connectivity index (χ0n) is 16.6. The fraction of sp³-hybridized carbons (Fsp3) is 0.417. The van der Waals surface area contributed by atoms with Gasteiger partial charge in [0.1, 0.15) is 18.2 Å². The Bertz CT molecular complexity index is 1020. The number of hydrogen-bond donors (Lipinski definition) is 2. The number of aromatic amines is 1. The average molecular weight is 389 g/mol. The Balaban J connectivity index is 1.31. The number of imidazole rings is 1. The van der Waals surface area contributed by atoms with Gasteiger partial charge in [-0.25, -0.2) is 4.98 Å². The highest BCUT2D eigenvalue weighted by Crippen LogP contribution is 2.37. The summed E-state index contributed by atoms with van der Waals surface area (Å²) in [5.74, 6) is 2.54. The minimum Gasteiger partial charge on any atom is -0.492 e. The third-order valence-electron chi connectivity index (χ3n) is 6.32. The highest BCUT2D eigenvalue weighted by Gasteiger charge is 2.28. The molecule has 1 aliphatic carbocycles. The van der Waals surface area contributed by atoms with Gasteiger partial charge < -0.3 is 15.0 Å². The topological polar surface area (TPSA) is 67.0 Å². The molecule has 150 valence electrons. The first-order valence-corrected chi connectivity index (χ1v) is 10.8. The summed E-state index contributed by atoms with van der Waals surface area (Å²) < 4.78 is 5.80. The van der Waals surface area contributed by atoms with Gasteiger partial charge in [0.05, 0.1) is 17.0 Å². The van der Waals surface area contributed by atoms with Crippen molar-refractivity contribution < 1.29 is 9.53 Å². The van der Waals surface area contributed by atoms with E-state index < -0.39 is 0 Å². The molecule has 1 saturated carbocycles. The summed E-state index contributed by atoms with van der Waals surface area (Å²) in [4.78, 5) is 20.9. The molecule has 2 aliphatic rings. The number of aromatic nitrogens is 2. The quantitative estimate of drug-likeness (QED) is 0.631. The van der Waals surface area contributed by atoms with E-state index in [2.05, 4.69) is 16.4 Å². The second-order valence-corrected chi connectivity index (χ2v) is 8.32. The Labute approximate surface area is 170 Å². The van der Waals surface area contributed by atoms with Crippen molar-refractivity contribution >= 4 is 16.9 Å². The van der Waals surface area contributed by atoms with Gasteiger partial charge in [0, 0.05) is 17.7 Å². The van der Waals surface area contributed by atoms with E-state index in [9.17, 15) is 4.79 Å². The lowest BCUT2D eigenvalue weighted by Gasteiger charge is -2.14. The third-order valence-corrected chi connectivity index (χ3v) is 6.32. The molecule has 1 unspecified atom stereocenters. The van der Waals surface area contributed by atoms with E-state index in [1.54, 1.807) is 0 Å². The fourth-order valence-corrected chi connectivity index (χ4v) is 4.63. The number of nitrogens with one attached hydrogen (secondary N) is 2. The number of ether oxygens (including phenoxy) is 1. The highest BCUT2D eigenvalue weighted by molar-refractivity contribution is 5.97. The van der Waals surface area contributed by atoms with Crippen molar-refractivity contribution in [1.29, 1.82) is 0 Å². The van der Waals surface area contributed by atoms with Gasteiger partial charge in [0.2, 0.25) is 0 Å². The SMILES string of the molecule is O=C(NCC1CCCCCC1)c1ccc2nc(C3COc4ccccc43)[nH]c2c1. The van der Waals surface area contributed by atoms with Crippen molar-refractivity contribution in [2.45, 2.75) is 44.4 Å². The minimum absolute atomic E-state index is 0.00171. The molecule has 2 aromatic carbocycles. The van der Waals surface area contributed by atoms with Crippen molar-refractivity contribution in [3.8, 4) is 5.75 Å². The van der Waals surface area contributed by atoms with Gasteiger partial charge in [-0.2, -0.15) is 0 Å². The molecule has 1 fully saturated rings. The van der Waals surface area contributed by atoms with Crippen LogP contribution in [0.25, 0.3) is 11.0 Å². The molecule has 1 atom stereocenters. The van der Waals surface area contributed by atoms with E-state index in [0.29, 0.717) is 18.1 Å². The van der Waals surface area contributed by atoms with Crippen molar-refractivity contribution in [1.82, 2.24) is 15.3 Å². The van der Waals surface area contributed by atoms with Gasteiger partial charge in [-0.3, -0.25) is 4.79 Å². The number of nitrogens with zero attached hydrogens (tertiary/aromatic N) is 1. The van der Waals surface area contributed by atoms with Crippen LogP contribution in [0.3, 0.4) is 0 Å². The van der Waals surface area contributed by atoms with Crippen LogP contribution >= 0.6 is 0 Å². The summed E-state index contributed by atoms with van der Waals surface area (Å²) in [6.07, 6.45) is 7.71. The van der Waals surface area contributed by atoms with Crippen LogP contribution in [-0.4, -0.2) is 29.0 Å². The normalized spacial score (nSPS) is 19.5. The van der Waals surface area contributed by atoms with Crippen molar-refractivity contribution in [2.24, 2.45) is 5.92 Å². The van der Waals surface area contributed by atoms with Crippen LogP contribution in [0.4, 0.5) is 0 Å². The monoisotopic (exact) mass is 389 g/mol. The van der Waals surface area contributed by atoms with Gasteiger partial charge >= 0.3 is 0 Å². The summed E-state index contributed by atoms with van der Waals surface area (Å²) in [5, 5.41) is 3.14. The smallest absolute Gasteiger partial charge is 0.251 e. The molecule has 1 aromatic heterocycles. The third kappa shape index (κ3) is 3.74. The van der Waals surface area contributed by atoms with Crippen LogP contribution < -0.4 is 10.1 Å². The lowest BCUT2D eigenvalue weighted by molar-refractivity contribution is 0.0946. The highest BCUT2D eigenvalue weighted by atomic mass is 16.5. The molecule has 2 heterocycles. The molecule has 5 nitrogen and oxygen atoms in total. The second kappa shape index (κ2) is 7.90. The number of carbonyl (C=O) groups is 1. The number of rotatable bonds is 4. The summed E-state index contributed by atoms with van der Waals surface area (Å²) in [6.45, 7) is 1.37. The van der Waals surface area contributed by atoms with Crippen LogP contribution in [0.15, 0.2) is 42.5 Å². The van der Waals surface area contributed by atoms with Crippen LogP contribution in [0.2, 0.25) is 0 Å². The first-order valence-electron chi connectivity index (χ1n) is 10.8. The van der Waals surface area contributed by atoms with Crippen molar-refractivity contribution in [3.05, 3.63) is 59.4 Å². The van der Waals surface area contributed by atoms with Crippen LogP contribution in [-0.2, 0) is 0 Å². The van der Waals surface area contributed by atoms with Crippen LogP contribution in [0.1, 0.15) is 66.2 Å². The van der Waals surface area contributed by atoms with E-state index in [-0.39, 0.29) is 11.8 Å². The molecule has 29 heavy (non-hydrogen) atoms. The maximum atomic E-state index is 12.7. The minimum atomic E-state index is 0.00171. The molecule has 0 saturated heterocycles. The zero-order chi connectivity index (χ0) is 19.6. The first-order chi connectivity index (χ1) is 14.3. The molecule has 0 radical (unpaired) electrons. The molecule has 2 N–H and O–H groups in total. The number of carbonyl (C=O) groups excluding carboxylic acids is 1. The van der Waals surface area contributed by atoms with Crippen LogP contribution in [0.5, 0.6) is 5.75 Å². The first kappa shape index (κ1) is 18.2. The zero-order valence-corrected chi connectivity index (χ0v) is 16.6. The number of H-pyrrole nitrogens is 1. The standard InChI is InChI=1S/C24H27N3O2/c28-24(25-14-16-7-3-1-2-4-8-16)17-11-12-20-21(13-17)27-23(26-20)19-15-29-22-10-6-5-9-18(19)22/h5-6,9-13,16,19H,1-4,7-8,14-15H2,(H,25,28)(H,26,27). The number of benzene rings is 2. The van der Waals surface area contributed by atoms with E-state index in [1.165, 1.54) is 38.5 Å². The molecule has 1 amide bonds.